The number of piperazine rings is 1. The standard InChI is InChI=1S/C26H34N6O2/c1-17(2)20-14-19(34-5)15-21-24(20)25(33)28-26(27-21)32-9-8-22-18(16-32)6-7-23(30(22)4)31-12-10-29(3)11-13-31/h6-7,14-15,17H,8-13,16H2,1-5H3/p+1. The third kappa shape index (κ3) is 4.00. The molecule has 0 atom stereocenters. The monoisotopic (exact) mass is 463 g/mol. The highest BCUT2D eigenvalue weighted by molar-refractivity contribution is 5.84. The molecule has 0 unspecified atom stereocenters. The van der Waals surface area contributed by atoms with Crippen LogP contribution in [0.15, 0.2) is 29.1 Å². The SMILES string of the molecule is COc1cc(C(C)C)c2c(=O)[nH]c(N3CCc4c(ccc(N5CCN(C)CC5)[n+]4C)C3)nc2c1. The van der Waals surface area contributed by atoms with Crippen molar-refractivity contribution < 1.29 is 9.30 Å². The number of benzene rings is 1. The van der Waals surface area contributed by atoms with Crippen molar-refractivity contribution in [2.75, 3.05) is 56.7 Å². The molecular weight excluding hydrogens is 428 g/mol. The smallest absolute Gasteiger partial charge is 0.276 e. The molecule has 0 spiro atoms. The minimum atomic E-state index is -0.0897. The maximum atomic E-state index is 13.1. The number of pyridine rings is 1. The van der Waals surface area contributed by atoms with Crippen LogP contribution in [0.4, 0.5) is 11.8 Å². The third-order valence-corrected chi connectivity index (χ3v) is 7.32. The number of aromatic amines is 1. The first-order valence-electron chi connectivity index (χ1n) is 12.2. The Kier molecular flexibility index (Phi) is 5.93. The fourth-order valence-electron chi connectivity index (χ4n) is 5.25. The Morgan fingerprint density at radius 1 is 1.09 bits per heavy atom. The molecule has 1 N–H and O–H groups in total. The van der Waals surface area contributed by atoms with Gasteiger partial charge >= 0.3 is 0 Å². The molecule has 5 rings (SSSR count). The summed E-state index contributed by atoms with van der Waals surface area (Å²) in [7, 11) is 6.01. The maximum Gasteiger partial charge on any atom is 0.276 e. The molecule has 0 amide bonds. The van der Waals surface area contributed by atoms with Gasteiger partial charge in [0.25, 0.3) is 11.4 Å². The predicted octanol–water partition coefficient (Wildman–Crippen LogP) is 2.19. The van der Waals surface area contributed by atoms with Gasteiger partial charge in [-0.05, 0) is 30.7 Å². The molecule has 2 aliphatic heterocycles. The van der Waals surface area contributed by atoms with E-state index in [0.717, 1.165) is 57.0 Å². The minimum absolute atomic E-state index is 0.0897. The summed E-state index contributed by atoms with van der Waals surface area (Å²) in [5.41, 5.74) is 4.20. The van der Waals surface area contributed by atoms with E-state index in [2.05, 4.69) is 64.3 Å². The van der Waals surface area contributed by atoms with E-state index in [1.165, 1.54) is 17.1 Å². The number of hydrogen-bond acceptors (Lipinski definition) is 6. The Balaban J connectivity index is 1.46. The van der Waals surface area contributed by atoms with E-state index in [-0.39, 0.29) is 11.5 Å². The quantitative estimate of drug-likeness (QED) is 0.599. The second-order valence-electron chi connectivity index (χ2n) is 9.84. The predicted molar refractivity (Wildman–Crippen MR) is 135 cm³/mol. The average molecular weight is 464 g/mol. The number of H-pyrrole nitrogens is 1. The van der Waals surface area contributed by atoms with Crippen molar-refractivity contribution in [3.63, 3.8) is 0 Å². The van der Waals surface area contributed by atoms with Gasteiger partial charge in [-0.25, -0.2) is 9.55 Å². The van der Waals surface area contributed by atoms with Crippen LogP contribution in [-0.2, 0) is 20.0 Å². The van der Waals surface area contributed by atoms with Gasteiger partial charge in [0.05, 0.1) is 38.1 Å². The molecule has 1 fully saturated rings. The summed E-state index contributed by atoms with van der Waals surface area (Å²) in [5, 5.41) is 0.653. The fourth-order valence-corrected chi connectivity index (χ4v) is 5.25. The zero-order valence-corrected chi connectivity index (χ0v) is 20.9. The minimum Gasteiger partial charge on any atom is -0.497 e. The Morgan fingerprint density at radius 3 is 2.56 bits per heavy atom. The molecule has 3 aromatic rings. The van der Waals surface area contributed by atoms with E-state index < -0.39 is 0 Å². The summed E-state index contributed by atoms with van der Waals surface area (Å²) in [5.74, 6) is 2.83. The van der Waals surface area contributed by atoms with Crippen LogP contribution in [0.5, 0.6) is 5.75 Å². The fraction of sp³-hybridized carbons (Fsp3) is 0.500. The normalized spacial score (nSPS) is 16.9. The lowest BCUT2D eigenvalue weighted by Gasteiger charge is -2.32. The Bertz CT molecular complexity index is 1280. The first-order chi connectivity index (χ1) is 16.4. The highest BCUT2D eigenvalue weighted by atomic mass is 16.5. The summed E-state index contributed by atoms with van der Waals surface area (Å²) in [6.45, 7) is 9.99. The van der Waals surface area contributed by atoms with Crippen LogP contribution in [-0.4, -0.2) is 61.7 Å². The molecule has 8 heteroatoms. The number of fused-ring (bicyclic) bond motifs is 2. The summed E-state index contributed by atoms with van der Waals surface area (Å²) < 4.78 is 7.85. The maximum absolute atomic E-state index is 13.1. The number of methoxy groups -OCH3 is 1. The summed E-state index contributed by atoms with van der Waals surface area (Å²) in [6, 6.07) is 8.29. The van der Waals surface area contributed by atoms with Crippen LogP contribution in [0, 0.1) is 0 Å². The van der Waals surface area contributed by atoms with Crippen LogP contribution >= 0.6 is 0 Å². The molecule has 1 aromatic carbocycles. The number of nitrogens with one attached hydrogen (secondary N) is 1. The van der Waals surface area contributed by atoms with E-state index in [4.69, 9.17) is 9.72 Å². The highest BCUT2D eigenvalue weighted by Gasteiger charge is 2.29. The van der Waals surface area contributed by atoms with E-state index in [0.29, 0.717) is 16.9 Å². The highest BCUT2D eigenvalue weighted by Crippen LogP contribution is 2.29. The first kappa shape index (κ1) is 22.7. The lowest BCUT2D eigenvalue weighted by molar-refractivity contribution is -0.667. The molecular formula is C26H35N6O2+. The van der Waals surface area contributed by atoms with Crippen LogP contribution < -0.4 is 24.7 Å². The molecule has 2 aromatic heterocycles. The lowest BCUT2D eigenvalue weighted by atomic mass is 9.98. The molecule has 0 aliphatic carbocycles. The van der Waals surface area contributed by atoms with Crippen molar-refractivity contribution in [3.05, 3.63) is 51.4 Å². The number of hydrogen-bond donors (Lipinski definition) is 1. The molecule has 1 saturated heterocycles. The Labute approximate surface area is 200 Å². The van der Waals surface area contributed by atoms with Gasteiger partial charge in [0.15, 0.2) is 0 Å². The second-order valence-corrected chi connectivity index (χ2v) is 9.84. The number of ether oxygens (including phenoxy) is 1. The van der Waals surface area contributed by atoms with Crippen molar-refractivity contribution in [3.8, 4) is 5.75 Å². The Hall–Kier alpha value is -3.13. The van der Waals surface area contributed by atoms with Gasteiger partial charge in [0.2, 0.25) is 5.95 Å². The number of aromatic nitrogens is 3. The Morgan fingerprint density at radius 2 is 1.85 bits per heavy atom. The van der Waals surface area contributed by atoms with Gasteiger partial charge in [-0.2, -0.15) is 0 Å². The van der Waals surface area contributed by atoms with Gasteiger partial charge in [-0.3, -0.25) is 19.6 Å². The van der Waals surface area contributed by atoms with E-state index >= 15 is 0 Å². The van der Waals surface area contributed by atoms with E-state index in [9.17, 15) is 4.79 Å². The number of anilines is 2. The topological polar surface area (TPSA) is 68.6 Å². The van der Waals surface area contributed by atoms with E-state index in [1.807, 2.05) is 12.1 Å². The van der Waals surface area contributed by atoms with Crippen molar-refractivity contribution in [1.29, 1.82) is 0 Å². The summed E-state index contributed by atoms with van der Waals surface area (Å²) >= 11 is 0. The van der Waals surface area contributed by atoms with E-state index in [1.54, 1.807) is 7.11 Å². The van der Waals surface area contributed by atoms with Crippen LogP contribution in [0.2, 0.25) is 0 Å². The van der Waals surface area contributed by atoms with Crippen molar-refractivity contribution >= 4 is 22.7 Å². The number of likely N-dealkylation sites (N-methyl/N-ethyl adjacent to an activating group) is 1. The largest absolute Gasteiger partial charge is 0.497 e. The van der Waals surface area contributed by atoms with Gasteiger partial charge < -0.3 is 9.64 Å². The summed E-state index contributed by atoms with van der Waals surface area (Å²) in [4.78, 5) is 28.1. The van der Waals surface area contributed by atoms with Gasteiger partial charge in [0.1, 0.15) is 11.4 Å². The molecule has 2 aliphatic rings. The van der Waals surface area contributed by atoms with Crippen LogP contribution in [0.3, 0.4) is 0 Å². The molecule has 4 heterocycles. The van der Waals surface area contributed by atoms with Crippen molar-refractivity contribution in [2.24, 2.45) is 7.05 Å². The van der Waals surface area contributed by atoms with Gasteiger partial charge in [0, 0.05) is 50.3 Å². The second kappa shape index (κ2) is 8.91. The molecule has 0 bridgehead atoms. The molecule has 0 saturated carbocycles. The average Bonchev–Trinajstić information content (AvgIpc) is 2.83. The number of rotatable bonds is 4. The zero-order valence-electron chi connectivity index (χ0n) is 20.9. The zero-order chi connectivity index (χ0) is 24.0. The van der Waals surface area contributed by atoms with Crippen molar-refractivity contribution in [1.82, 2.24) is 14.9 Å². The van der Waals surface area contributed by atoms with Gasteiger partial charge in [-0.1, -0.05) is 13.8 Å². The molecule has 0 radical (unpaired) electrons. The first-order valence-corrected chi connectivity index (χ1v) is 12.2. The van der Waals surface area contributed by atoms with Crippen LogP contribution in [0.25, 0.3) is 10.9 Å². The van der Waals surface area contributed by atoms with Gasteiger partial charge in [-0.15, -0.1) is 0 Å². The number of nitrogens with zero attached hydrogens (tertiary/aromatic N) is 5. The molecule has 180 valence electrons. The third-order valence-electron chi connectivity index (χ3n) is 7.32. The molecule has 8 nitrogen and oxygen atoms in total. The summed E-state index contributed by atoms with van der Waals surface area (Å²) in [6.07, 6.45) is 0.907. The van der Waals surface area contributed by atoms with Crippen molar-refractivity contribution in [2.45, 2.75) is 32.7 Å². The lowest BCUT2D eigenvalue weighted by Crippen LogP contribution is -2.51. The molecule has 34 heavy (non-hydrogen) atoms. The van der Waals surface area contributed by atoms with Crippen LogP contribution in [0.1, 0.15) is 36.6 Å².